The summed E-state index contributed by atoms with van der Waals surface area (Å²) in [5.41, 5.74) is 7.37. The Balaban J connectivity index is 0.000000162. The van der Waals surface area contributed by atoms with Crippen LogP contribution in [-0.2, 0) is 121 Å². The second-order valence-electron chi connectivity index (χ2n) is 19.7. The summed E-state index contributed by atoms with van der Waals surface area (Å²) in [4.78, 5) is 39.0. The van der Waals surface area contributed by atoms with Crippen molar-refractivity contribution in [3.8, 4) is 12.1 Å². The molecule has 0 amide bonds. The molecule has 6 aromatic carbocycles. The third kappa shape index (κ3) is 14.9. The first-order chi connectivity index (χ1) is 44.8. The van der Waals surface area contributed by atoms with Gasteiger partial charge in [-0.2, -0.15) is 21.8 Å². The summed E-state index contributed by atoms with van der Waals surface area (Å²) in [6.45, 7) is 28.2. The molecule has 480 valence electrons. The summed E-state index contributed by atoms with van der Waals surface area (Å²) < 4.78 is 24.4. The fourth-order valence-electron chi connectivity index (χ4n) is 10.3. The molecular weight excluding hydrogens is 2290 g/mol. The maximum Gasteiger partial charge on any atom is 0.245 e. The summed E-state index contributed by atoms with van der Waals surface area (Å²) in [5, 5.41) is 28.4. The Morgan fingerprint density at radius 1 is 0.402 bits per heavy atom. The number of imidazole rings is 6. The smallest absolute Gasteiger partial charge is 0.245 e. The Morgan fingerprint density at radius 2 is 0.887 bits per heavy atom. The van der Waals surface area contributed by atoms with Crippen molar-refractivity contribution in [2.45, 2.75) is 0 Å². The van der Waals surface area contributed by atoms with Crippen molar-refractivity contribution in [2.75, 3.05) is 0 Å². The number of rotatable bonds is 0. The van der Waals surface area contributed by atoms with Crippen LogP contribution in [0.1, 0.15) is 11.3 Å². The first-order valence-corrected chi connectivity index (χ1v) is 27.4. The van der Waals surface area contributed by atoms with Crippen LogP contribution in [0.25, 0.3) is 118 Å². The summed E-state index contributed by atoms with van der Waals surface area (Å²) in [5.74, 6) is 0.105. The van der Waals surface area contributed by atoms with E-state index in [1.165, 1.54) is 16.7 Å². The normalized spacial score (nSPS) is 9.97. The van der Waals surface area contributed by atoms with Crippen molar-refractivity contribution in [2.24, 2.45) is 0 Å². The number of nitriles is 2. The number of pyridine rings is 6. The predicted molar refractivity (Wildman–Crippen MR) is 344 cm³/mol. The van der Waals surface area contributed by atoms with Crippen LogP contribution < -0.4 is 0 Å². The minimum atomic E-state index is -0.426. The maximum absolute atomic E-state index is 13.7. The molecule has 0 saturated carbocycles. The molecule has 0 aliphatic rings. The van der Waals surface area contributed by atoms with Gasteiger partial charge in [0.1, 0.15) is 28.8 Å². The Kier molecular flexibility index (Phi) is 25.6. The van der Waals surface area contributed by atoms with E-state index in [0.717, 1.165) is 82.1 Å². The molecular formula is C72H35FIr6N18-6. The molecule has 0 spiro atoms. The third-order valence-corrected chi connectivity index (χ3v) is 14.5. The SMILES string of the molecule is N#Cc1c[c-]c2c(ccn3ccnc23)c1.N#Cc1cn2ccc3ccc[c-]c3c2n1.[C-]#[N+]c1cc[c-]c2c1cc(F)n1ccnc21.[C-]#[N+]c1cc[c-]c2c1ccn1ccnc21.[C-]#[N+]c1cn2ccnc2c2[c-]cccc12.[C-]#[N+]c1cnc2c3[c-]cccc3ccn12.[Ir].[Ir].[Ir].[Ir].[Ir].[Ir]. The van der Waals surface area contributed by atoms with E-state index < -0.39 is 5.95 Å². The van der Waals surface area contributed by atoms with Crippen LogP contribution in [0, 0.1) is 91.3 Å². The van der Waals surface area contributed by atoms with Crippen LogP contribution >= 0.6 is 0 Å². The Morgan fingerprint density at radius 3 is 1.53 bits per heavy atom. The predicted octanol–water partition coefficient (Wildman–Crippen LogP) is 15.8. The van der Waals surface area contributed by atoms with Crippen molar-refractivity contribution in [1.82, 2.24) is 56.3 Å². The van der Waals surface area contributed by atoms with Crippen molar-refractivity contribution >= 4 is 121 Å². The monoisotopic (exact) mass is 2330 g/mol. The van der Waals surface area contributed by atoms with Crippen LogP contribution in [0.15, 0.2) is 214 Å². The standard InChI is InChI=1S/C12H5FN3.5C12H6N3.6Ir/c1-14-10-4-2-3-8-9(10)7-11(13)16-6-5-15-12(8)16;1-13-11-4-2-3-10-9(11)5-7-15-8-6-14-12(10)15;1-13-11-8-15-7-6-14-12(15)10-5-3-2-4-9(10)11;1-13-11-8-14-12-10-5-3-2-4-9(10)6-7-15(11)12;13-8-9-1-2-11-10(7-9)3-5-15-6-4-14-12(11)15;13-7-10-8-15-6-5-9-3-1-2-4-11(9)12(15)14-10;;;;;;/h2,4-7H;2,4-8H;2*2-4,6-8H;1,3-7H;1-3,5-6,8H;;;;;;/q6*-1;;;;;;. The van der Waals surface area contributed by atoms with Gasteiger partial charge < -0.3 is 26.8 Å². The maximum atomic E-state index is 13.7. The summed E-state index contributed by atoms with van der Waals surface area (Å²) in [6, 6.07) is 59.5. The molecule has 0 aliphatic heterocycles. The largest absolute Gasteiger partial charge is 0.363 e. The molecule has 0 unspecified atom stereocenters. The number of halogens is 1. The van der Waals surface area contributed by atoms with Gasteiger partial charge in [-0.1, -0.05) is 63.8 Å². The minimum absolute atomic E-state index is 0. The van der Waals surface area contributed by atoms with Crippen molar-refractivity contribution < 1.29 is 125 Å². The molecule has 0 bridgehead atoms. The number of nitrogens with zero attached hydrogens (tertiary/aromatic N) is 18. The average Bonchev–Trinajstić information content (AvgIpc) is 1.78. The van der Waals surface area contributed by atoms with Gasteiger partial charge in [0.25, 0.3) is 0 Å². The molecule has 18 aromatic rings. The van der Waals surface area contributed by atoms with E-state index in [2.05, 4.69) is 91.8 Å². The molecule has 25 heteroatoms. The van der Waals surface area contributed by atoms with E-state index in [1.807, 2.05) is 152 Å². The van der Waals surface area contributed by atoms with E-state index in [0.29, 0.717) is 50.6 Å². The minimum Gasteiger partial charge on any atom is -0.363 e. The van der Waals surface area contributed by atoms with Gasteiger partial charge in [-0.15, -0.1) is 153 Å². The van der Waals surface area contributed by atoms with Crippen LogP contribution in [-0.4, -0.2) is 56.3 Å². The van der Waals surface area contributed by atoms with Gasteiger partial charge in [-0.05, 0) is 30.4 Å². The van der Waals surface area contributed by atoms with E-state index in [9.17, 15) is 4.39 Å². The van der Waals surface area contributed by atoms with Crippen LogP contribution in [0.5, 0.6) is 0 Å². The molecule has 12 aromatic heterocycles. The van der Waals surface area contributed by atoms with Crippen molar-refractivity contribution in [3.05, 3.63) is 314 Å². The molecule has 0 saturated heterocycles. The fraction of sp³-hybridized carbons (Fsp3) is 0. The third-order valence-electron chi connectivity index (χ3n) is 14.5. The molecule has 0 atom stereocenters. The number of aromatic nitrogens is 12. The first kappa shape index (κ1) is 74.2. The second kappa shape index (κ2) is 33.4. The number of fused-ring (bicyclic) bond motifs is 18. The number of hydrogen-bond donors (Lipinski definition) is 0. The summed E-state index contributed by atoms with van der Waals surface area (Å²) in [6.07, 6.45) is 26.6. The quantitative estimate of drug-likeness (QED) is 0.107. The second-order valence-corrected chi connectivity index (χ2v) is 19.7. The van der Waals surface area contributed by atoms with E-state index in [1.54, 1.807) is 78.1 Å². The average molecular weight is 2320 g/mol. The molecule has 0 fully saturated rings. The topological polar surface area (TPSA) is 169 Å². The van der Waals surface area contributed by atoms with Crippen molar-refractivity contribution in [3.63, 3.8) is 0 Å². The van der Waals surface area contributed by atoms with Crippen molar-refractivity contribution in [1.29, 1.82) is 10.5 Å². The number of benzene rings is 6. The summed E-state index contributed by atoms with van der Waals surface area (Å²) >= 11 is 0. The Hall–Kier alpha value is -10.2. The summed E-state index contributed by atoms with van der Waals surface area (Å²) in [7, 11) is 0. The van der Waals surface area contributed by atoms with Gasteiger partial charge in [0.05, 0.1) is 54.1 Å². The zero-order valence-corrected chi connectivity index (χ0v) is 63.5. The molecule has 0 N–H and O–H groups in total. The van der Waals surface area contributed by atoms with Gasteiger partial charge in [-0.3, -0.25) is 44.0 Å². The molecule has 97 heavy (non-hydrogen) atoms. The van der Waals surface area contributed by atoms with Gasteiger partial charge in [-0.25, -0.2) is 10.1 Å². The number of hydrogen-bond acceptors (Lipinski definition) is 8. The van der Waals surface area contributed by atoms with E-state index in [4.69, 9.17) is 36.8 Å². The zero-order valence-electron chi connectivity index (χ0n) is 49.1. The zero-order chi connectivity index (χ0) is 62.4. The van der Waals surface area contributed by atoms with E-state index in [-0.39, 0.29) is 121 Å². The molecule has 18 nitrogen and oxygen atoms in total. The fourth-order valence-corrected chi connectivity index (χ4v) is 10.3. The van der Waals surface area contributed by atoms with Crippen LogP contribution in [0.3, 0.4) is 0 Å². The Bertz CT molecular complexity index is 6090. The molecule has 6 radical (unpaired) electrons. The molecule has 12 heterocycles. The van der Waals surface area contributed by atoms with Crippen LogP contribution in [0.4, 0.5) is 27.3 Å². The molecule has 18 rings (SSSR count). The van der Waals surface area contributed by atoms with Gasteiger partial charge in [0, 0.05) is 189 Å². The van der Waals surface area contributed by atoms with Crippen LogP contribution in [0.2, 0.25) is 0 Å². The first-order valence-electron chi connectivity index (χ1n) is 27.4. The van der Waals surface area contributed by atoms with E-state index >= 15 is 0 Å². The Labute approximate surface area is 632 Å². The molecule has 0 aliphatic carbocycles. The van der Waals surface area contributed by atoms with Gasteiger partial charge in [0.15, 0.2) is 11.6 Å². The van der Waals surface area contributed by atoms with Gasteiger partial charge >= 0.3 is 0 Å². The van der Waals surface area contributed by atoms with Gasteiger partial charge in [0.2, 0.25) is 5.82 Å².